The Kier molecular flexibility index (Phi) is 3.08. The topological polar surface area (TPSA) is 71.1 Å². The zero-order chi connectivity index (χ0) is 11.8. The van der Waals surface area contributed by atoms with E-state index in [0.29, 0.717) is 13.0 Å². The van der Waals surface area contributed by atoms with Crippen LogP contribution in [-0.2, 0) is 23.0 Å². The van der Waals surface area contributed by atoms with Crippen molar-refractivity contribution in [1.82, 2.24) is 10.3 Å². The van der Waals surface area contributed by atoms with Gasteiger partial charge in [0, 0.05) is 24.4 Å². The molecule has 1 aliphatic rings. The number of halogens is 2. The van der Waals surface area contributed by atoms with Crippen molar-refractivity contribution in [3.05, 3.63) is 10.6 Å². The average Bonchev–Trinajstić information content (AvgIpc) is 2.58. The number of nitrogens with one attached hydrogen (secondary N) is 2. The maximum atomic E-state index is 12.1. The summed E-state index contributed by atoms with van der Waals surface area (Å²) in [6, 6.07) is 0. The molecule has 2 rings (SSSR count). The fourth-order valence-corrected chi connectivity index (χ4v) is 3.06. The highest BCUT2D eigenvalue weighted by atomic mass is 32.2. The molecule has 2 heterocycles. The van der Waals surface area contributed by atoms with E-state index in [-0.39, 0.29) is 5.13 Å². The molecule has 5 nitrogen and oxygen atoms in total. The Bertz CT molecular complexity index is 462. The number of anilines is 1. The molecule has 90 valence electrons. The van der Waals surface area contributed by atoms with Crippen LogP contribution in [-0.4, -0.2) is 25.7 Å². The SMILES string of the molecule is O=S(=O)(Nc1nc2c(s1)CNCC2)C(F)F. The van der Waals surface area contributed by atoms with E-state index in [9.17, 15) is 17.2 Å². The van der Waals surface area contributed by atoms with Crippen molar-refractivity contribution in [1.29, 1.82) is 0 Å². The normalized spacial score (nSPS) is 16.2. The lowest BCUT2D eigenvalue weighted by Crippen LogP contribution is -2.22. The lowest BCUT2D eigenvalue weighted by Gasteiger charge is -2.09. The number of hydrogen-bond acceptors (Lipinski definition) is 5. The lowest BCUT2D eigenvalue weighted by molar-refractivity contribution is 0.236. The van der Waals surface area contributed by atoms with Gasteiger partial charge in [0.15, 0.2) is 5.13 Å². The monoisotopic (exact) mass is 269 g/mol. The first-order valence-electron chi connectivity index (χ1n) is 4.48. The minimum atomic E-state index is -4.61. The third kappa shape index (κ3) is 2.30. The Morgan fingerprint density at radius 1 is 1.50 bits per heavy atom. The molecule has 0 saturated heterocycles. The summed E-state index contributed by atoms with van der Waals surface area (Å²) in [4.78, 5) is 4.86. The number of nitrogens with zero attached hydrogens (tertiary/aromatic N) is 1. The van der Waals surface area contributed by atoms with E-state index < -0.39 is 15.8 Å². The van der Waals surface area contributed by atoms with Crippen LogP contribution in [0.1, 0.15) is 10.6 Å². The van der Waals surface area contributed by atoms with Crippen molar-refractivity contribution in [2.24, 2.45) is 0 Å². The maximum Gasteiger partial charge on any atom is 0.355 e. The fraction of sp³-hybridized carbons (Fsp3) is 0.571. The van der Waals surface area contributed by atoms with E-state index in [1.807, 2.05) is 0 Å². The Morgan fingerprint density at radius 2 is 2.25 bits per heavy atom. The molecule has 1 aromatic heterocycles. The summed E-state index contributed by atoms with van der Waals surface area (Å²) in [5.41, 5.74) is 0.774. The number of aromatic nitrogens is 1. The van der Waals surface area contributed by atoms with E-state index in [4.69, 9.17) is 0 Å². The van der Waals surface area contributed by atoms with Crippen LogP contribution < -0.4 is 10.0 Å². The molecular formula is C7H9F2N3O2S2. The summed E-state index contributed by atoms with van der Waals surface area (Å²) in [5.74, 6) is -3.44. The Labute approximate surface area is 94.9 Å². The zero-order valence-electron chi connectivity index (χ0n) is 8.03. The van der Waals surface area contributed by atoms with Crippen LogP contribution in [0, 0.1) is 0 Å². The Balaban J connectivity index is 2.20. The maximum absolute atomic E-state index is 12.1. The number of sulfonamides is 1. The smallest absolute Gasteiger partial charge is 0.311 e. The van der Waals surface area contributed by atoms with Crippen LogP contribution >= 0.6 is 11.3 Å². The van der Waals surface area contributed by atoms with E-state index in [2.05, 4.69) is 10.3 Å². The summed E-state index contributed by atoms with van der Waals surface area (Å²) < 4.78 is 47.8. The molecule has 0 fully saturated rings. The van der Waals surface area contributed by atoms with Crippen LogP contribution in [0.15, 0.2) is 0 Å². The molecule has 2 N–H and O–H groups in total. The average molecular weight is 269 g/mol. The lowest BCUT2D eigenvalue weighted by atomic mass is 10.2. The zero-order valence-corrected chi connectivity index (χ0v) is 9.67. The van der Waals surface area contributed by atoms with Crippen LogP contribution in [0.2, 0.25) is 0 Å². The summed E-state index contributed by atoms with van der Waals surface area (Å²) >= 11 is 1.08. The molecule has 9 heteroatoms. The Hall–Kier alpha value is -0.800. The second-order valence-corrected chi connectivity index (χ2v) is 5.96. The molecule has 16 heavy (non-hydrogen) atoms. The number of rotatable bonds is 3. The summed E-state index contributed by atoms with van der Waals surface area (Å²) in [6.45, 7) is 1.36. The van der Waals surface area contributed by atoms with Gasteiger partial charge >= 0.3 is 5.76 Å². The van der Waals surface area contributed by atoms with Gasteiger partial charge in [0.25, 0.3) is 10.0 Å². The van der Waals surface area contributed by atoms with Crippen molar-refractivity contribution >= 4 is 26.5 Å². The third-order valence-corrected chi connectivity index (χ3v) is 4.16. The van der Waals surface area contributed by atoms with Crippen molar-refractivity contribution in [3.63, 3.8) is 0 Å². The van der Waals surface area contributed by atoms with Crippen molar-refractivity contribution in [2.45, 2.75) is 18.7 Å². The summed E-state index contributed by atoms with van der Waals surface area (Å²) in [5, 5.41) is 3.09. The highest BCUT2D eigenvalue weighted by Crippen LogP contribution is 2.26. The van der Waals surface area contributed by atoms with Gasteiger partial charge in [0.1, 0.15) is 0 Å². The minimum absolute atomic E-state index is 0.00833. The van der Waals surface area contributed by atoms with Gasteiger partial charge in [0.2, 0.25) is 0 Å². The summed E-state index contributed by atoms with van der Waals surface area (Å²) in [6.07, 6.45) is 0.683. The first kappa shape index (κ1) is 11.7. The predicted molar refractivity (Wildman–Crippen MR) is 56.1 cm³/mol. The minimum Gasteiger partial charge on any atom is -0.311 e. The van der Waals surface area contributed by atoms with E-state index in [1.165, 1.54) is 0 Å². The fourth-order valence-electron chi connectivity index (χ4n) is 1.34. The van der Waals surface area contributed by atoms with Gasteiger partial charge in [-0.3, -0.25) is 4.72 Å². The van der Waals surface area contributed by atoms with Crippen molar-refractivity contribution in [3.8, 4) is 0 Å². The van der Waals surface area contributed by atoms with Gasteiger partial charge in [-0.2, -0.15) is 8.78 Å². The molecule has 0 saturated carbocycles. The molecule has 1 aliphatic heterocycles. The molecule has 0 unspecified atom stereocenters. The van der Waals surface area contributed by atoms with Crippen LogP contribution in [0.4, 0.5) is 13.9 Å². The van der Waals surface area contributed by atoms with Crippen LogP contribution in [0.3, 0.4) is 0 Å². The molecule has 0 bridgehead atoms. The van der Waals surface area contributed by atoms with Crippen LogP contribution in [0.5, 0.6) is 0 Å². The van der Waals surface area contributed by atoms with E-state index >= 15 is 0 Å². The van der Waals surface area contributed by atoms with Crippen molar-refractivity contribution < 1.29 is 17.2 Å². The highest BCUT2D eigenvalue weighted by molar-refractivity contribution is 7.93. The number of thiazole rings is 1. The largest absolute Gasteiger partial charge is 0.355 e. The number of hydrogen-bond donors (Lipinski definition) is 2. The molecule has 0 aliphatic carbocycles. The quantitative estimate of drug-likeness (QED) is 0.849. The van der Waals surface area contributed by atoms with Gasteiger partial charge in [-0.1, -0.05) is 11.3 Å². The molecule has 0 amide bonds. The Morgan fingerprint density at radius 3 is 2.88 bits per heavy atom. The number of fused-ring (bicyclic) bond motifs is 1. The van der Waals surface area contributed by atoms with Gasteiger partial charge in [-0.15, -0.1) is 0 Å². The first-order valence-corrected chi connectivity index (χ1v) is 6.84. The third-order valence-electron chi connectivity index (χ3n) is 2.07. The highest BCUT2D eigenvalue weighted by Gasteiger charge is 2.26. The van der Waals surface area contributed by atoms with Crippen molar-refractivity contribution in [2.75, 3.05) is 11.3 Å². The second kappa shape index (κ2) is 4.22. The number of alkyl halides is 2. The van der Waals surface area contributed by atoms with Gasteiger partial charge in [-0.05, 0) is 0 Å². The summed E-state index contributed by atoms with van der Waals surface area (Å²) in [7, 11) is -4.61. The van der Waals surface area contributed by atoms with Gasteiger partial charge in [-0.25, -0.2) is 13.4 Å². The van der Waals surface area contributed by atoms with E-state index in [0.717, 1.165) is 28.5 Å². The van der Waals surface area contributed by atoms with Crippen LogP contribution in [0.25, 0.3) is 0 Å². The van der Waals surface area contributed by atoms with Gasteiger partial charge in [0.05, 0.1) is 5.69 Å². The standard InChI is InChI=1S/C7H9F2N3O2S2/c8-6(9)16(13,14)12-7-11-4-1-2-10-3-5(4)15-7/h6,10H,1-3H2,(H,11,12). The molecule has 0 atom stereocenters. The second-order valence-electron chi connectivity index (χ2n) is 3.22. The van der Waals surface area contributed by atoms with Gasteiger partial charge < -0.3 is 5.32 Å². The molecule has 0 radical (unpaired) electrons. The first-order chi connectivity index (χ1) is 7.49. The molecular weight excluding hydrogens is 260 g/mol. The molecule has 1 aromatic rings. The molecule has 0 aromatic carbocycles. The molecule has 0 spiro atoms. The van der Waals surface area contributed by atoms with E-state index in [1.54, 1.807) is 4.72 Å². The predicted octanol–water partition coefficient (Wildman–Crippen LogP) is 0.753.